The van der Waals surface area contributed by atoms with Crippen molar-refractivity contribution in [2.24, 2.45) is 0 Å². The number of anilines is 2. The third-order valence-electron chi connectivity index (χ3n) is 3.99. The number of amides is 5. The molecule has 5 amide bonds. The molecule has 140 valence electrons. The predicted molar refractivity (Wildman–Crippen MR) is 102 cm³/mol. The molecule has 2 aromatic rings. The maximum Gasteiger partial charge on any atom is 0.324 e. The van der Waals surface area contributed by atoms with E-state index in [2.05, 4.69) is 16.0 Å². The van der Waals surface area contributed by atoms with Crippen molar-refractivity contribution in [3.05, 3.63) is 46.2 Å². The van der Waals surface area contributed by atoms with Gasteiger partial charge in [0.2, 0.25) is 11.8 Å². The number of thiophene rings is 1. The highest BCUT2D eigenvalue weighted by Crippen LogP contribution is 2.19. The maximum absolute atomic E-state index is 12.2. The Morgan fingerprint density at radius 3 is 2.33 bits per heavy atom. The molecule has 8 nitrogen and oxygen atoms in total. The first-order valence-electron chi connectivity index (χ1n) is 8.27. The van der Waals surface area contributed by atoms with Gasteiger partial charge in [0.1, 0.15) is 0 Å². The van der Waals surface area contributed by atoms with Gasteiger partial charge in [-0.15, -0.1) is 11.3 Å². The quantitative estimate of drug-likeness (QED) is 0.662. The highest BCUT2D eigenvalue weighted by Gasteiger charge is 2.28. The van der Waals surface area contributed by atoms with Gasteiger partial charge in [-0.05, 0) is 48.2 Å². The lowest BCUT2D eigenvalue weighted by Crippen LogP contribution is -2.33. The second-order valence-corrected chi connectivity index (χ2v) is 6.88. The molecule has 0 spiro atoms. The molecule has 3 N–H and O–H groups in total. The zero-order valence-corrected chi connectivity index (χ0v) is 15.4. The van der Waals surface area contributed by atoms with E-state index in [0.717, 1.165) is 10.5 Å². The first-order valence-corrected chi connectivity index (χ1v) is 9.15. The molecule has 0 unspecified atom stereocenters. The summed E-state index contributed by atoms with van der Waals surface area (Å²) in [5.74, 6) is -0.824. The van der Waals surface area contributed by atoms with E-state index in [4.69, 9.17) is 0 Å². The number of aryl methyl sites for hydroxylation is 1. The van der Waals surface area contributed by atoms with Crippen molar-refractivity contribution in [2.75, 3.05) is 23.7 Å². The van der Waals surface area contributed by atoms with Crippen molar-refractivity contribution in [3.8, 4) is 0 Å². The Morgan fingerprint density at radius 1 is 1.11 bits per heavy atom. The van der Waals surface area contributed by atoms with Gasteiger partial charge >= 0.3 is 6.03 Å². The number of benzene rings is 1. The normalized spacial score (nSPS) is 13.4. The molecular formula is C18H18N4O4S. The first-order chi connectivity index (χ1) is 12.9. The van der Waals surface area contributed by atoms with E-state index in [1.165, 1.54) is 11.3 Å². The second-order valence-electron chi connectivity index (χ2n) is 5.97. The molecule has 1 aliphatic heterocycles. The number of rotatable bonds is 6. The van der Waals surface area contributed by atoms with E-state index in [1.54, 1.807) is 24.3 Å². The lowest BCUT2D eigenvalue weighted by Gasteiger charge is -2.12. The molecule has 0 aliphatic carbocycles. The van der Waals surface area contributed by atoms with Crippen molar-refractivity contribution in [3.63, 3.8) is 0 Å². The van der Waals surface area contributed by atoms with Crippen LogP contribution in [0.3, 0.4) is 0 Å². The molecule has 1 aliphatic rings. The van der Waals surface area contributed by atoms with E-state index in [0.29, 0.717) is 16.3 Å². The molecule has 3 rings (SSSR count). The summed E-state index contributed by atoms with van der Waals surface area (Å²) in [5, 5.41) is 9.76. The van der Waals surface area contributed by atoms with Gasteiger partial charge in [-0.3, -0.25) is 19.3 Å². The summed E-state index contributed by atoms with van der Waals surface area (Å²) < 4.78 is 0. The highest BCUT2D eigenvalue weighted by molar-refractivity contribution is 7.12. The number of carbonyl (C=O) groups excluding carboxylic acids is 4. The van der Waals surface area contributed by atoms with Gasteiger partial charge in [0.15, 0.2) is 0 Å². The Balaban J connectivity index is 1.50. The second kappa shape index (κ2) is 8.00. The molecule has 1 fully saturated rings. The largest absolute Gasteiger partial charge is 0.329 e. The van der Waals surface area contributed by atoms with Gasteiger partial charge in [-0.2, -0.15) is 0 Å². The van der Waals surface area contributed by atoms with Crippen LogP contribution in [-0.4, -0.2) is 41.7 Å². The molecule has 0 saturated carbocycles. The zero-order valence-electron chi connectivity index (χ0n) is 14.6. The van der Waals surface area contributed by atoms with Crippen LogP contribution in [0.25, 0.3) is 0 Å². The molecular weight excluding hydrogens is 368 g/mol. The Labute approximate surface area is 159 Å². The van der Waals surface area contributed by atoms with Crippen LogP contribution < -0.4 is 16.0 Å². The number of imide groups is 1. The van der Waals surface area contributed by atoms with Gasteiger partial charge in [-0.1, -0.05) is 0 Å². The van der Waals surface area contributed by atoms with Gasteiger partial charge in [0.05, 0.1) is 11.4 Å². The van der Waals surface area contributed by atoms with Crippen LogP contribution in [-0.2, 0) is 9.59 Å². The topological polar surface area (TPSA) is 108 Å². The van der Waals surface area contributed by atoms with Crippen LogP contribution in [0.1, 0.15) is 21.7 Å². The third kappa shape index (κ3) is 4.50. The number of hydrogen-bond acceptors (Lipinski definition) is 5. The first kappa shape index (κ1) is 18.6. The van der Waals surface area contributed by atoms with Crippen LogP contribution in [0, 0.1) is 6.92 Å². The molecule has 0 radical (unpaired) electrons. The number of hydrogen-bond donors (Lipinski definition) is 3. The summed E-state index contributed by atoms with van der Waals surface area (Å²) >= 11 is 1.38. The number of nitrogens with one attached hydrogen (secondary N) is 3. The molecule has 1 aromatic carbocycles. The Hall–Kier alpha value is -3.20. The molecule has 1 saturated heterocycles. The van der Waals surface area contributed by atoms with Crippen molar-refractivity contribution >= 4 is 46.5 Å². The minimum absolute atomic E-state index is 0.00923. The Morgan fingerprint density at radius 2 is 1.78 bits per heavy atom. The molecule has 0 bridgehead atoms. The minimum atomic E-state index is -0.478. The van der Waals surface area contributed by atoms with Crippen LogP contribution in [0.15, 0.2) is 35.7 Å². The van der Waals surface area contributed by atoms with Crippen molar-refractivity contribution in [1.82, 2.24) is 10.2 Å². The summed E-state index contributed by atoms with van der Waals surface area (Å²) in [6.45, 7) is 1.88. The highest BCUT2D eigenvalue weighted by atomic mass is 32.1. The van der Waals surface area contributed by atoms with Crippen molar-refractivity contribution < 1.29 is 19.2 Å². The Kier molecular flexibility index (Phi) is 5.51. The number of nitrogens with zero attached hydrogens (tertiary/aromatic N) is 1. The van der Waals surface area contributed by atoms with Crippen LogP contribution in [0.2, 0.25) is 0 Å². The fourth-order valence-corrected chi connectivity index (χ4v) is 3.37. The zero-order chi connectivity index (χ0) is 19.4. The maximum atomic E-state index is 12.2. The molecule has 0 atom stereocenters. The fraction of sp³-hybridized carbons (Fsp3) is 0.222. The van der Waals surface area contributed by atoms with E-state index < -0.39 is 6.03 Å². The van der Waals surface area contributed by atoms with E-state index >= 15 is 0 Å². The smallest absolute Gasteiger partial charge is 0.324 e. The van der Waals surface area contributed by atoms with E-state index in [-0.39, 0.29) is 37.2 Å². The Bertz CT molecular complexity index is 875. The average molecular weight is 386 g/mol. The summed E-state index contributed by atoms with van der Waals surface area (Å²) in [7, 11) is 0. The van der Waals surface area contributed by atoms with E-state index in [9.17, 15) is 19.2 Å². The van der Waals surface area contributed by atoms with Crippen molar-refractivity contribution in [2.45, 2.75) is 13.3 Å². The molecule has 1 aromatic heterocycles. The lowest BCUT2D eigenvalue weighted by molar-refractivity contribution is -0.125. The lowest BCUT2D eigenvalue weighted by atomic mass is 10.2. The van der Waals surface area contributed by atoms with E-state index in [1.807, 2.05) is 18.4 Å². The van der Waals surface area contributed by atoms with Gasteiger partial charge in [0.25, 0.3) is 5.91 Å². The summed E-state index contributed by atoms with van der Waals surface area (Å²) in [6, 6.07) is 8.12. The fourth-order valence-electron chi connectivity index (χ4n) is 2.55. The SMILES string of the molecule is Cc1ccsc1C(=O)Nc1ccc(NC(=O)CCN2C(=O)CNC2=O)cc1. The van der Waals surface area contributed by atoms with Crippen LogP contribution in [0.4, 0.5) is 16.2 Å². The van der Waals surface area contributed by atoms with Crippen LogP contribution >= 0.6 is 11.3 Å². The van der Waals surface area contributed by atoms with Gasteiger partial charge < -0.3 is 16.0 Å². The van der Waals surface area contributed by atoms with Gasteiger partial charge in [-0.25, -0.2) is 4.79 Å². The molecule has 2 heterocycles. The van der Waals surface area contributed by atoms with Crippen LogP contribution in [0.5, 0.6) is 0 Å². The number of urea groups is 1. The summed E-state index contributed by atoms with van der Waals surface area (Å²) in [4.78, 5) is 48.7. The van der Waals surface area contributed by atoms with Crippen molar-refractivity contribution in [1.29, 1.82) is 0 Å². The predicted octanol–water partition coefficient (Wildman–Crippen LogP) is 2.19. The third-order valence-corrected chi connectivity index (χ3v) is 5.01. The average Bonchev–Trinajstić information content (AvgIpc) is 3.20. The number of carbonyl (C=O) groups is 4. The standard InChI is InChI=1S/C18H18N4O4S/c1-11-7-9-27-16(11)17(25)21-13-4-2-12(3-5-13)20-14(23)6-8-22-15(24)10-19-18(22)26/h2-5,7,9H,6,8,10H2,1H3,(H,19,26)(H,20,23)(H,21,25). The van der Waals surface area contributed by atoms with Gasteiger partial charge in [0, 0.05) is 24.3 Å². The minimum Gasteiger partial charge on any atom is -0.329 e. The monoisotopic (exact) mass is 386 g/mol. The molecule has 9 heteroatoms. The summed E-state index contributed by atoms with van der Waals surface area (Å²) in [6.07, 6.45) is 0.00923. The molecule has 27 heavy (non-hydrogen) atoms. The summed E-state index contributed by atoms with van der Waals surface area (Å²) in [5.41, 5.74) is 2.10.